The topological polar surface area (TPSA) is 92.5 Å². The average Bonchev–Trinajstić information content (AvgIpc) is 2.41. The van der Waals surface area contributed by atoms with Crippen LogP contribution in [-0.2, 0) is 14.8 Å². The number of anilines is 1. The summed E-state index contributed by atoms with van der Waals surface area (Å²) in [6.07, 6.45) is 0.117. The molecule has 6 nitrogen and oxygen atoms in total. The van der Waals surface area contributed by atoms with Gasteiger partial charge in [0.15, 0.2) is 0 Å². The fourth-order valence-corrected chi connectivity index (χ4v) is 3.84. The lowest BCUT2D eigenvalue weighted by Gasteiger charge is -2.21. The molecule has 1 aromatic carbocycles. The lowest BCUT2D eigenvalue weighted by Crippen LogP contribution is -2.32. The van der Waals surface area contributed by atoms with Gasteiger partial charge < -0.3 is 11.1 Å². The number of benzene rings is 1. The summed E-state index contributed by atoms with van der Waals surface area (Å²) in [5.41, 5.74) is 8.50. The van der Waals surface area contributed by atoms with Gasteiger partial charge in [-0.25, -0.2) is 12.7 Å². The third kappa shape index (κ3) is 3.54. The summed E-state index contributed by atoms with van der Waals surface area (Å²) in [7, 11) is -0.685. The highest BCUT2D eigenvalue weighted by Gasteiger charge is 2.26. The number of rotatable bonds is 5. The fourth-order valence-electron chi connectivity index (χ4n) is 2.24. The summed E-state index contributed by atoms with van der Waals surface area (Å²) in [4.78, 5) is 11.5. The summed E-state index contributed by atoms with van der Waals surface area (Å²) in [6, 6.07) is 1.77. The Labute approximate surface area is 126 Å². The minimum Gasteiger partial charge on any atom is -0.398 e. The number of sulfonamides is 1. The predicted octanol–water partition coefficient (Wildman–Crippen LogP) is 0.951. The second-order valence-corrected chi connectivity index (χ2v) is 7.11. The molecule has 0 heterocycles. The van der Waals surface area contributed by atoms with E-state index in [4.69, 9.17) is 5.73 Å². The van der Waals surface area contributed by atoms with Crippen LogP contribution in [-0.4, -0.2) is 39.3 Å². The lowest BCUT2D eigenvalue weighted by atomic mass is 10.1. The van der Waals surface area contributed by atoms with Crippen molar-refractivity contribution >= 4 is 21.6 Å². The highest BCUT2D eigenvalue weighted by Crippen LogP contribution is 2.29. The average molecular weight is 313 g/mol. The molecule has 1 aromatic rings. The lowest BCUT2D eigenvalue weighted by molar-refractivity contribution is -0.120. The molecular weight excluding hydrogens is 290 g/mol. The third-order valence-electron chi connectivity index (χ3n) is 3.56. The second kappa shape index (κ2) is 6.44. The van der Waals surface area contributed by atoms with Crippen LogP contribution in [0.15, 0.2) is 11.0 Å². The van der Waals surface area contributed by atoms with E-state index in [0.29, 0.717) is 16.8 Å². The van der Waals surface area contributed by atoms with E-state index >= 15 is 0 Å². The Bertz CT molecular complexity index is 654. The number of aryl methyl sites for hydroxylation is 2. The quantitative estimate of drug-likeness (QED) is 0.792. The predicted molar refractivity (Wildman–Crippen MR) is 83.6 cm³/mol. The minimum absolute atomic E-state index is 0.117. The van der Waals surface area contributed by atoms with Crippen LogP contribution in [0.3, 0.4) is 0 Å². The van der Waals surface area contributed by atoms with Crippen LogP contribution in [0.2, 0.25) is 0 Å². The van der Waals surface area contributed by atoms with Gasteiger partial charge in [0.1, 0.15) is 0 Å². The van der Waals surface area contributed by atoms with Crippen molar-refractivity contribution in [3.05, 3.63) is 22.8 Å². The smallest absolute Gasteiger partial charge is 0.243 e. The Morgan fingerprint density at radius 2 is 1.86 bits per heavy atom. The molecule has 3 N–H and O–H groups in total. The normalized spacial score (nSPS) is 11.7. The van der Waals surface area contributed by atoms with Gasteiger partial charge in [0.25, 0.3) is 0 Å². The van der Waals surface area contributed by atoms with Gasteiger partial charge in [0.05, 0.1) is 4.90 Å². The Kier molecular flexibility index (Phi) is 5.36. The van der Waals surface area contributed by atoms with Gasteiger partial charge in [-0.2, -0.15) is 0 Å². The molecule has 0 spiro atoms. The van der Waals surface area contributed by atoms with E-state index in [-0.39, 0.29) is 23.8 Å². The van der Waals surface area contributed by atoms with Crippen LogP contribution in [0.4, 0.5) is 5.69 Å². The highest BCUT2D eigenvalue weighted by atomic mass is 32.2. The van der Waals surface area contributed by atoms with Crippen molar-refractivity contribution in [2.24, 2.45) is 0 Å². The molecule has 0 fully saturated rings. The summed E-state index contributed by atoms with van der Waals surface area (Å²) in [6.45, 7) is 5.42. The van der Waals surface area contributed by atoms with Gasteiger partial charge in [-0.3, -0.25) is 4.79 Å². The van der Waals surface area contributed by atoms with Crippen molar-refractivity contribution in [1.82, 2.24) is 9.62 Å². The van der Waals surface area contributed by atoms with E-state index in [9.17, 15) is 13.2 Å². The summed E-state index contributed by atoms with van der Waals surface area (Å²) < 4.78 is 26.5. The Morgan fingerprint density at radius 1 is 1.29 bits per heavy atom. The van der Waals surface area contributed by atoms with Gasteiger partial charge in [-0.15, -0.1) is 0 Å². The van der Waals surface area contributed by atoms with Crippen molar-refractivity contribution in [2.45, 2.75) is 32.1 Å². The number of carbonyl (C=O) groups excluding carboxylic acids is 1. The zero-order valence-electron chi connectivity index (χ0n) is 13.1. The molecule has 0 saturated heterocycles. The van der Waals surface area contributed by atoms with Crippen molar-refractivity contribution in [1.29, 1.82) is 0 Å². The number of carbonyl (C=O) groups is 1. The maximum atomic E-state index is 12.7. The number of hydrogen-bond acceptors (Lipinski definition) is 4. The molecule has 0 aromatic heterocycles. The number of nitrogens with zero attached hydrogens (tertiary/aromatic N) is 1. The first-order valence-electron chi connectivity index (χ1n) is 6.66. The van der Waals surface area contributed by atoms with Crippen molar-refractivity contribution in [3.8, 4) is 0 Å². The van der Waals surface area contributed by atoms with Crippen molar-refractivity contribution < 1.29 is 13.2 Å². The summed E-state index contributed by atoms with van der Waals surface area (Å²) >= 11 is 0. The maximum Gasteiger partial charge on any atom is 0.243 e. The van der Waals surface area contributed by atoms with E-state index in [2.05, 4.69) is 5.32 Å². The van der Waals surface area contributed by atoms with Crippen molar-refractivity contribution in [3.63, 3.8) is 0 Å². The molecule has 21 heavy (non-hydrogen) atoms. The van der Waals surface area contributed by atoms with Gasteiger partial charge in [-0.05, 0) is 37.5 Å². The van der Waals surface area contributed by atoms with Gasteiger partial charge in [-0.1, -0.05) is 6.07 Å². The van der Waals surface area contributed by atoms with Gasteiger partial charge in [0, 0.05) is 32.7 Å². The molecule has 1 amide bonds. The molecule has 0 aliphatic rings. The van der Waals surface area contributed by atoms with Crippen LogP contribution in [0, 0.1) is 20.8 Å². The van der Waals surface area contributed by atoms with Gasteiger partial charge >= 0.3 is 0 Å². The summed E-state index contributed by atoms with van der Waals surface area (Å²) in [5.74, 6) is -0.200. The molecule has 7 heteroatoms. The van der Waals surface area contributed by atoms with Crippen LogP contribution in [0.1, 0.15) is 23.1 Å². The first-order valence-corrected chi connectivity index (χ1v) is 8.10. The molecule has 0 bridgehead atoms. The zero-order chi connectivity index (χ0) is 16.4. The number of nitrogens with two attached hydrogens (primary N) is 1. The molecular formula is C14H23N3O3S. The number of nitrogens with one attached hydrogen (secondary N) is 1. The maximum absolute atomic E-state index is 12.7. The Morgan fingerprint density at radius 3 is 2.38 bits per heavy atom. The van der Waals surface area contributed by atoms with E-state index < -0.39 is 10.0 Å². The number of nitrogen functional groups attached to an aromatic ring is 1. The monoisotopic (exact) mass is 313 g/mol. The first kappa shape index (κ1) is 17.5. The van der Waals surface area contributed by atoms with Crippen molar-refractivity contribution in [2.75, 3.05) is 26.4 Å². The van der Waals surface area contributed by atoms with E-state index in [1.54, 1.807) is 19.9 Å². The third-order valence-corrected chi connectivity index (χ3v) is 5.71. The molecule has 118 valence electrons. The summed E-state index contributed by atoms with van der Waals surface area (Å²) in [5, 5.41) is 2.47. The molecule has 0 aliphatic heterocycles. The zero-order valence-corrected chi connectivity index (χ0v) is 14.0. The SMILES string of the molecule is CNC(=O)CCN(C)S(=O)(=O)c1c(C)cc(C)c(N)c1C. The van der Waals surface area contributed by atoms with E-state index in [1.165, 1.54) is 18.4 Å². The first-order chi connectivity index (χ1) is 9.62. The number of amides is 1. The number of hydrogen-bond donors (Lipinski definition) is 2. The Hall–Kier alpha value is -1.60. The molecule has 0 atom stereocenters. The van der Waals surface area contributed by atoms with Crippen LogP contribution in [0.5, 0.6) is 0 Å². The van der Waals surface area contributed by atoms with Crippen LogP contribution >= 0.6 is 0 Å². The molecule has 0 aliphatic carbocycles. The molecule has 0 saturated carbocycles. The van der Waals surface area contributed by atoms with Gasteiger partial charge in [0.2, 0.25) is 15.9 Å². The van der Waals surface area contributed by atoms with E-state index in [1.807, 2.05) is 6.92 Å². The minimum atomic E-state index is -3.67. The Balaban J connectivity index is 3.20. The van der Waals surface area contributed by atoms with E-state index in [0.717, 1.165) is 5.56 Å². The molecule has 0 unspecified atom stereocenters. The molecule has 0 radical (unpaired) electrons. The fraction of sp³-hybridized carbons (Fsp3) is 0.500. The standard InChI is InChI=1S/C14H23N3O3S/c1-9-8-10(2)14(11(3)13(9)15)21(19,20)17(5)7-6-12(18)16-4/h8H,6-7,15H2,1-5H3,(H,16,18). The highest BCUT2D eigenvalue weighted by molar-refractivity contribution is 7.89. The second-order valence-electron chi connectivity index (χ2n) is 5.13. The van der Waals surface area contributed by atoms with Crippen LogP contribution in [0.25, 0.3) is 0 Å². The molecule has 1 rings (SSSR count). The largest absolute Gasteiger partial charge is 0.398 e. The van der Waals surface area contributed by atoms with Crippen LogP contribution < -0.4 is 11.1 Å².